The third kappa shape index (κ3) is 2.94. The molecular formula is C17H17N3O4S2. The lowest BCUT2D eigenvalue weighted by atomic mass is 10.2. The van der Waals surface area contributed by atoms with Crippen LogP contribution >= 0.6 is 12.2 Å². The van der Waals surface area contributed by atoms with Gasteiger partial charge in [0, 0.05) is 20.2 Å². The highest BCUT2D eigenvalue weighted by Crippen LogP contribution is 2.23. The maximum Gasteiger partial charge on any atom is 0.266 e. The number of ether oxygens (including phenoxy) is 1. The van der Waals surface area contributed by atoms with Crippen LogP contribution in [0.3, 0.4) is 0 Å². The van der Waals surface area contributed by atoms with Gasteiger partial charge in [0.25, 0.3) is 5.56 Å². The minimum absolute atomic E-state index is 0.000498. The summed E-state index contributed by atoms with van der Waals surface area (Å²) in [6.07, 6.45) is 0. The number of hydrogen-bond donors (Lipinski definition) is 1. The maximum absolute atomic E-state index is 13.0. The van der Waals surface area contributed by atoms with Crippen LogP contribution in [-0.4, -0.2) is 43.5 Å². The van der Waals surface area contributed by atoms with Crippen molar-refractivity contribution in [2.24, 2.45) is 0 Å². The summed E-state index contributed by atoms with van der Waals surface area (Å²) in [7, 11) is 0.633. The molecule has 0 aliphatic carbocycles. The van der Waals surface area contributed by atoms with Crippen LogP contribution in [0.5, 0.6) is 5.75 Å². The molecule has 136 valence electrons. The summed E-state index contributed by atoms with van der Waals surface area (Å²) in [5.74, 6) is 0.580. The summed E-state index contributed by atoms with van der Waals surface area (Å²) in [5.41, 5.74) is 0.307. The molecule has 0 unspecified atom stereocenters. The molecule has 9 heteroatoms. The van der Waals surface area contributed by atoms with Gasteiger partial charge in [-0.1, -0.05) is 12.1 Å². The summed E-state index contributed by atoms with van der Waals surface area (Å²) >= 11 is 5.33. The van der Waals surface area contributed by atoms with Crippen molar-refractivity contribution in [1.29, 1.82) is 0 Å². The fraction of sp³-hybridized carbons (Fsp3) is 0.176. The summed E-state index contributed by atoms with van der Waals surface area (Å²) in [5, 5.41) is 0.372. The molecule has 1 N–H and O–H groups in total. The molecule has 0 radical (unpaired) electrons. The third-order valence-corrected chi connectivity index (χ3v) is 6.12. The van der Waals surface area contributed by atoms with E-state index in [4.69, 9.17) is 17.0 Å². The zero-order valence-electron chi connectivity index (χ0n) is 14.4. The molecule has 3 aromatic rings. The minimum Gasteiger partial charge on any atom is -0.497 e. The Kier molecular flexibility index (Phi) is 4.70. The molecule has 26 heavy (non-hydrogen) atoms. The van der Waals surface area contributed by atoms with E-state index >= 15 is 0 Å². The lowest BCUT2D eigenvalue weighted by Gasteiger charge is -2.16. The van der Waals surface area contributed by atoms with Gasteiger partial charge in [-0.3, -0.25) is 9.36 Å². The molecule has 0 spiro atoms. The van der Waals surface area contributed by atoms with E-state index < -0.39 is 15.6 Å². The summed E-state index contributed by atoms with van der Waals surface area (Å²) in [6.45, 7) is 0. The Morgan fingerprint density at radius 2 is 1.85 bits per heavy atom. The van der Waals surface area contributed by atoms with Crippen LogP contribution in [0.15, 0.2) is 52.2 Å². The SMILES string of the molecule is COc1ccc2c(=O)n(-c3ccccc3S(=O)(=O)N(C)C)c(=S)[nH]c2c1. The molecule has 0 fully saturated rings. The second-order valence-corrected chi connectivity index (χ2v) is 8.24. The third-order valence-electron chi connectivity index (χ3n) is 3.97. The first-order valence-corrected chi connectivity index (χ1v) is 9.47. The second-order valence-electron chi connectivity index (χ2n) is 5.74. The van der Waals surface area contributed by atoms with E-state index in [0.29, 0.717) is 16.7 Å². The summed E-state index contributed by atoms with van der Waals surface area (Å²) < 4.78 is 32.8. The average molecular weight is 391 g/mol. The number of rotatable bonds is 4. The molecular weight excluding hydrogens is 374 g/mol. The zero-order chi connectivity index (χ0) is 19.1. The molecule has 0 bridgehead atoms. The number of hydrogen-bond acceptors (Lipinski definition) is 5. The Morgan fingerprint density at radius 3 is 2.50 bits per heavy atom. The molecule has 7 nitrogen and oxygen atoms in total. The van der Waals surface area contributed by atoms with Gasteiger partial charge in [-0.25, -0.2) is 12.7 Å². The van der Waals surface area contributed by atoms with Crippen molar-refractivity contribution in [3.63, 3.8) is 0 Å². The quantitative estimate of drug-likeness (QED) is 0.690. The summed E-state index contributed by atoms with van der Waals surface area (Å²) in [6, 6.07) is 11.2. The first-order chi connectivity index (χ1) is 12.3. The Balaban J connectivity index is 2.39. The van der Waals surface area contributed by atoms with E-state index in [-0.39, 0.29) is 15.4 Å². The molecule has 3 rings (SSSR count). The first-order valence-electron chi connectivity index (χ1n) is 7.62. The fourth-order valence-corrected chi connectivity index (χ4v) is 3.96. The molecule has 0 atom stereocenters. The number of benzene rings is 2. The van der Waals surface area contributed by atoms with Crippen molar-refractivity contribution in [2.75, 3.05) is 21.2 Å². The van der Waals surface area contributed by atoms with Crippen molar-refractivity contribution >= 4 is 33.1 Å². The highest BCUT2D eigenvalue weighted by atomic mass is 32.2. The van der Waals surface area contributed by atoms with E-state index in [1.165, 1.54) is 31.8 Å². The van der Waals surface area contributed by atoms with Crippen molar-refractivity contribution < 1.29 is 13.2 Å². The molecule has 0 aliphatic rings. The van der Waals surface area contributed by atoms with Gasteiger partial charge >= 0.3 is 0 Å². The van der Waals surface area contributed by atoms with Gasteiger partial charge in [0.1, 0.15) is 10.6 Å². The number of H-pyrrole nitrogens is 1. The van der Waals surface area contributed by atoms with Crippen LogP contribution in [0.4, 0.5) is 0 Å². The topological polar surface area (TPSA) is 84.4 Å². The monoisotopic (exact) mass is 391 g/mol. The predicted octanol–water partition coefficient (Wildman–Crippen LogP) is 2.31. The second kappa shape index (κ2) is 6.67. The minimum atomic E-state index is -3.76. The van der Waals surface area contributed by atoms with Crippen LogP contribution in [0.2, 0.25) is 0 Å². The van der Waals surface area contributed by atoms with E-state index in [9.17, 15) is 13.2 Å². The number of methoxy groups -OCH3 is 1. The number of fused-ring (bicyclic) bond motifs is 1. The Hall–Kier alpha value is -2.49. The number of sulfonamides is 1. The Morgan fingerprint density at radius 1 is 1.15 bits per heavy atom. The van der Waals surface area contributed by atoms with Crippen molar-refractivity contribution in [2.45, 2.75) is 4.90 Å². The van der Waals surface area contributed by atoms with Gasteiger partial charge in [0.05, 0.1) is 23.7 Å². The predicted molar refractivity (Wildman–Crippen MR) is 102 cm³/mol. The van der Waals surface area contributed by atoms with E-state index in [1.807, 2.05) is 0 Å². The van der Waals surface area contributed by atoms with Gasteiger partial charge in [-0.2, -0.15) is 0 Å². The van der Waals surface area contributed by atoms with Gasteiger partial charge in [0.15, 0.2) is 4.77 Å². The van der Waals surface area contributed by atoms with Gasteiger partial charge < -0.3 is 9.72 Å². The van der Waals surface area contributed by atoms with Gasteiger partial charge in [0.2, 0.25) is 10.0 Å². The number of para-hydroxylation sites is 1. The first kappa shape index (κ1) is 18.3. The Bertz CT molecular complexity index is 1210. The number of nitrogens with one attached hydrogen (secondary N) is 1. The number of nitrogens with zero attached hydrogens (tertiary/aromatic N) is 2. The summed E-state index contributed by atoms with van der Waals surface area (Å²) in [4.78, 5) is 16.0. The molecule has 2 aromatic carbocycles. The van der Waals surface area contributed by atoms with Crippen molar-refractivity contribution in [1.82, 2.24) is 13.9 Å². The number of aromatic nitrogens is 2. The van der Waals surface area contributed by atoms with Crippen LogP contribution < -0.4 is 10.3 Å². The van der Waals surface area contributed by atoms with Crippen LogP contribution in [0.25, 0.3) is 16.6 Å². The standard InChI is InChI=1S/C17H17N3O4S2/c1-19(2)26(22,23)15-7-5-4-6-14(15)20-16(21)12-9-8-11(24-3)10-13(12)18-17(20)25/h4-10H,1-3H3,(H,18,25). The maximum atomic E-state index is 13.0. The highest BCUT2D eigenvalue weighted by molar-refractivity contribution is 7.89. The smallest absolute Gasteiger partial charge is 0.266 e. The molecule has 0 amide bonds. The fourth-order valence-electron chi connectivity index (χ4n) is 2.60. The molecule has 1 aromatic heterocycles. The van der Waals surface area contributed by atoms with E-state index in [0.717, 1.165) is 4.31 Å². The zero-order valence-corrected chi connectivity index (χ0v) is 16.0. The molecule has 0 saturated carbocycles. The van der Waals surface area contributed by atoms with E-state index in [2.05, 4.69) is 4.98 Å². The number of aromatic amines is 1. The normalized spacial score (nSPS) is 11.8. The van der Waals surface area contributed by atoms with Gasteiger partial charge in [-0.15, -0.1) is 0 Å². The average Bonchev–Trinajstić information content (AvgIpc) is 2.61. The van der Waals surface area contributed by atoms with Crippen molar-refractivity contribution in [3.05, 3.63) is 57.6 Å². The molecule has 0 aliphatic heterocycles. The van der Waals surface area contributed by atoms with E-state index in [1.54, 1.807) is 36.4 Å². The van der Waals surface area contributed by atoms with Crippen LogP contribution in [0.1, 0.15) is 0 Å². The molecule has 1 heterocycles. The largest absolute Gasteiger partial charge is 0.497 e. The van der Waals surface area contributed by atoms with Crippen LogP contribution in [0, 0.1) is 4.77 Å². The van der Waals surface area contributed by atoms with Gasteiger partial charge in [-0.05, 0) is 36.5 Å². The van der Waals surface area contributed by atoms with Crippen molar-refractivity contribution in [3.8, 4) is 11.4 Å². The van der Waals surface area contributed by atoms with Crippen LogP contribution in [-0.2, 0) is 10.0 Å². The highest BCUT2D eigenvalue weighted by Gasteiger charge is 2.23. The molecule has 0 saturated heterocycles. The lowest BCUT2D eigenvalue weighted by Crippen LogP contribution is -2.27. The lowest BCUT2D eigenvalue weighted by molar-refractivity contribution is 0.415. The Labute approximate surface area is 155 Å².